The average molecular weight is 103 g/mol. The average Bonchev–Trinajstić information content (AvgIpc) is 1.61. The summed E-state index contributed by atoms with van der Waals surface area (Å²) >= 11 is 0. The first kappa shape index (κ1) is 6.43. The monoisotopic (exact) mass is 103 g/mol. The van der Waals surface area contributed by atoms with Crippen LogP contribution in [0, 0.1) is 0 Å². The van der Waals surface area contributed by atoms with Crippen molar-refractivity contribution in [1.82, 2.24) is 0 Å². The zero-order chi connectivity index (χ0) is 5.70. The second-order valence-corrected chi connectivity index (χ2v) is 1.20. The highest BCUT2D eigenvalue weighted by atomic mass is 16.4. The van der Waals surface area contributed by atoms with E-state index in [1.165, 1.54) is 0 Å². The van der Waals surface area contributed by atoms with Gasteiger partial charge in [-0.25, -0.2) is 0 Å². The maximum Gasteiger partial charge on any atom is 0.303 e. The second kappa shape index (κ2) is 3.61. The quantitative estimate of drug-likeness (QED) is 0.509. The van der Waals surface area contributed by atoms with E-state index in [1.807, 2.05) is 0 Å². The Hall–Kier alpha value is -0.570. The first-order chi connectivity index (χ1) is 3.27. The summed E-state index contributed by atoms with van der Waals surface area (Å²) in [5, 5.41) is 17.5. The van der Waals surface area contributed by atoms with Crippen LogP contribution in [0.1, 0.15) is 12.8 Å². The van der Waals surface area contributed by atoms with E-state index in [0.29, 0.717) is 0 Å². The lowest BCUT2D eigenvalue weighted by Gasteiger charge is -1.96. The van der Waals surface area contributed by atoms with Gasteiger partial charge in [0.25, 0.3) is 0 Å². The van der Waals surface area contributed by atoms with Crippen LogP contribution in [-0.2, 0) is 4.79 Å². The van der Waals surface area contributed by atoms with Crippen molar-refractivity contribution in [3.8, 4) is 0 Å². The Labute approximate surface area is 41.6 Å². The third-order valence-corrected chi connectivity index (χ3v) is 0.535. The highest BCUT2D eigenvalue weighted by Crippen LogP contribution is 1.81. The van der Waals surface area contributed by atoms with Crippen molar-refractivity contribution in [2.75, 3.05) is 6.61 Å². The summed E-state index contributed by atoms with van der Waals surface area (Å²) < 4.78 is 0. The van der Waals surface area contributed by atoms with Crippen molar-refractivity contribution in [2.24, 2.45) is 0 Å². The molecule has 0 aliphatic carbocycles. The lowest BCUT2D eigenvalue weighted by Crippen LogP contribution is -2.07. The third kappa shape index (κ3) is 5.43. The van der Waals surface area contributed by atoms with Crippen LogP contribution in [0.15, 0.2) is 0 Å². The highest BCUT2D eigenvalue weighted by molar-refractivity contribution is 5.66. The molecule has 7 heavy (non-hydrogen) atoms. The number of carboxylic acid groups (broad SMARTS) is 1. The van der Waals surface area contributed by atoms with Gasteiger partial charge in [-0.05, 0) is 0 Å². The molecule has 0 unspecified atom stereocenters. The molecule has 3 heteroatoms. The molecule has 3 nitrogen and oxygen atoms in total. The molecule has 0 aromatic carbocycles. The normalized spacial score (nSPS) is 8.71. The zero-order valence-electron chi connectivity index (χ0n) is 3.89. The topological polar surface area (TPSA) is 60.4 Å². The number of aliphatic carboxylic acids is 1. The molecule has 0 amide bonds. The Morgan fingerprint density at radius 2 is 2.29 bits per heavy atom. The fourth-order valence-electron chi connectivity index (χ4n) is 0.223. The number of carboxylic acids is 1. The van der Waals surface area contributed by atoms with Gasteiger partial charge in [-0.3, -0.25) is 4.79 Å². The minimum atomic E-state index is -0.893. The molecule has 0 rings (SSSR count). The van der Waals surface area contributed by atoms with Gasteiger partial charge in [0, 0.05) is 6.42 Å². The number of carbonyl (C=O) groups is 1. The van der Waals surface area contributed by atoms with E-state index >= 15 is 0 Å². The van der Waals surface area contributed by atoms with Crippen LogP contribution in [-0.4, -0.2) is 17.7 Å². The van der Waals surface area contributed by atoms with E-state index in [4.69, 9.17) is 5.11 Å². The Bertz CT molecular complexity index is 60.0. The number of hydrogen-bond donors (Lipinski definition) is 1. The van der Waals surface area contributed by atoms with Crippen molar-refractivity contribution in [3.05, 3.63) is 0 Å². The van der Waals surface area contributed by atoms with Crippen LogP contribution < -0.4 is 5.11 Å². The molecule has 0 aliphatic heterocycles. The molecule has 0 radical (unpaired) electrons. The van der Waals surface area contributed by atoms with Gasteiger partial charge in [0.05, 0.1) is 0 Å². The van der Waals surface area contributed by atoms with Gasteiger partial charge in [0.2, 0.25) is 0 Å². The van der Waals surface area contributed by atoms with Crippen molar-refractivity contribution in [2.45, 2.75) is 12.8 Å². The van der Waals surface area contributed by atoms with Crippen LogP contribution in [0.2, 0.25) is 0 Å². The maximum atomic E-state index is 9.62. The molecule has 0 atom stereocenters. The van der Waals surface area contributed by atoms with Gasteiger partial charge >= 0.3 is 5.97 Å². The maximum absolute atomic E-state index is 9.62. The predicted molar refractivity (Wildman–Crippen MR) is 21.7 cm³/mol. The summed E-state index contributed by atoms with van der Waals surface area (Å²) in [7, 11) is 0. The molecule has 0 aliphatic rings. The van der Waals surface area contributed by atoms with Crippen LogP contribution >= 0.6 is 0 Å². The molecule has 0 bridgehead atoms. The lowest BCUT2D eigenvalue weighted by atomic mass is 10.3. The summed E-state index contributed by atoms with van der Waals surface area (Å²) in [5.41, 5.74) is 0. The van der Waals surface area contributed by atoms with E-state index in [9.17, 15) is 9.90 Å². The van der Waals surface area contributed by atoms with Gasteiger partial charge in [-0.15, -0.1) is 6.61 Å². The van der Waals surface area contributed by atoms with Crippen LogP contribution in [0.5, 0.6) is 0 Å². The summed E-state index contributed by atoms with van der Waals surface area (Å²) in [6, 6.07) is 0. The van der Waals surface area contributed by atoms with Crippen molar-refractivity contribution in [1.29, 1.82) is 0 Å². The van der Waals surface area contributed by atoms with E-state index in [1.54, 1.807) is 0 Å². The summed E-state index contributed by atoms with van der Waals surface area (Å²) in [6.45, 7) is -0.285. The fraction of sp³-hybridized carbons (Fsp3) is 0.750. The molecule has 0 heterocycles. The summed E-state index contributed by atoms with van der Waals surface area (Å²) in [4.78, 5) is 9.62. The van der Waals surface area contributed by atoms with E-state index in [2.05, 4.69) is 0 Å². The van der Waals surface area contributed by atoms with Gasteiger partial charge in [-0.1, -0.05) is 6.42 Å². The van der Waals surface area contributed by atoms with Gasteiger partial charge < -0.3 is 10.2 Å². The van der Waals surface area contributed by atoms with Crippen LogP contribution in [0.25, 0.3) is 0 Å². The standard InChI is InChI=1S/C4H7O3/c5-3-1-2-4(6)7/h1-3H2,(H,6,7)/q-1. The fourth-order valence-corrected chi connectivity index (χ4v) is 0.223. The van der Waals surface area contributed by atoms with Crippen LogP contribution in [0.4, 0.5) is 0 Å². The van der Waals surface area contributed by atoms with Gasteiger partial charge in [0.15, 0.2) is 0 Å². The molecule has 1 N–H and O–H groups in total. The van der Waals surface area contributed by atoms with E-state index in [-0.39, 0.29) is 19.4 Å². The van der Waals surface area contributed by atoms with Crippen molar-refractivity contribution in [3.63, 3.8) is 0 Å². The largest absolute Gasteiger partial charge is 0.854 e. The second-order valence-electron chi connectivity index (χ2n) is 1.20. The molecular formula is C4H7O3-. The van der Waals surface area contributed by atoms with Gasteiger partial charge in [-0.2, -0.15) is 0 Å². The Morgan fingerprint density at radius 3 is 2.43 bits per heavy atom. The van der Waals surface area contributed by atoms with Crippen molar-refractivity contribution < 1.29 is 15.0 Å². The molecule has 0 spiro atoms. The lowest BCUT2D eigenvalue weighted by molar-refractivity contribution is -0.368. The van der Waals surface area contributed by atoms with E-state index in [0.717, 1.165) is 0 Å². The first-order valence-corrected chi connectivity index (χ1v) is 2.07. The minimum Gasteiger partial charge on any atom is -0.854 e. The van der Waals surface area contributed by atoms with Crippen LogP contribution in [0.3, 0.4) is 0 Å². The molecule has 0 saturated heterocycles. The minimum absolute atomic E-state index is 0.00347. The highest BCUT2D eigenvalue weighted by Gasteiger charge is 1.88. The molecule has 0 fully saturated rings. The molecule has 0 saturated carbocycles. The third-order valence-electron chi connectivity index (χ3n) is 0.535. The first-order valence-electron chi connectivity index (χ1n) is 2.07. The Morgan fingerprint density at radius 1 is 1.71 bits per heavy atom. The smallest absolute Gasteiger partial charge is 0.303 e. The SMILES string of the molecule is O=C(O)CCC[O-]. The zero-order valence-corrected chi connectivity index (χ0v) is 3.89. The number of hydrogen-bond acceptors (Lipinski definition) is 2. The molecular weight excluding hydrogens is 96.0 g/mol. The Balaban J connectivity index is 2.82. The van der Waals surface area contributed by atoms with Gasteiger partial charge in [0.1, 0.15) is 0 Å². The van der Waals surface area contributed by atoms with Crippen molar-refractivity contribution >= 4 is 5.97 Å². The number of rotatable bonds is 3. The molecule has 0 aromatic heterocycles. The summed E-state index contributed by atoms with van der Waals surface area (Å²) in [6.07, 6.45) is 0.249. The molecule has 0 aromatic rings. The summed E-state index contributed by atoms with van der Waals surface area (Å²) in [5.74, 6) is -0.893. The Kier molecular flexibility index (Phi) is 3.32. The molecule has 42 valence electrons. The van der Waals surface area contributed by atoms with E-state index < -0.39 is 5.97 Å². The predicted octanol–water partition coefficient (Wildman–Crippen LogP) is -0.788.